The van der Waals surface area contributed by atoms with Crippen molar-refractivity contribution in [1.82, 2.24) is 4.90 Å². The van der Waals surface area contributed by atoms with Gasteiger partial charge in [0.2, 0.25) is 0 Å². The summed E-state index contributed by atoms with van der Waals surface area (Å²) in [5.41, 5.74) is 4.37. The van der Waals surface area contributed by atoms with Crippen molar-refractivity contribution in [3.63, 3.8) is 0 Å². The van der Waals surface area contributed by atoms with Crippen molar-refractivity contribution in [2.45, 2.75) is 58.3 Å². The minimum absolute atomic E-state index is 0.173. The van der Waals surface area contributed by atoms with Gasteiger partial charge in [0.05, 0.1) is 18.8 Å². The number of aliphatic carboxylic acids is 1. The summed E-state index contributed by atoms with van der Waals surface area (Å²) < 4.78 is 19.9. The zero-order valence-corrected chi connectivity index (χ0v) is 19.6. The van der Waals surface area contributed by atoms with Gasteiger partial charge < -0.3 is 14.9 Å². The fourth-order valence-electron chi connectivity index (χ4n) is 4.43. The van der Waals surface area contributed by atoms with Gasteiger partial charge in [-0.2, -0.15) is 0 Å². The lowest BCUT2D eigenvalue weighted by molar-refractivity contribution is -0.131. The number of aliphatic hydroxyl groups excluding tert-OH is 1. The number of carbonyl (C=O) groups is 1. The summed E-state index contributed by atoms with van der Waals surface area (Å²) in [7, 11) is 0. The number of likely N-dealkylation sites (tertiary alicyclic amines) is 1. The topological polar surface area (TPSA) is 70.0 Å². The molecule has 5 nitrogen and oxygen atoms in total. The van der Waals surface area contributed by atoms with Crippen molar-refractivity contribution in [2.75, 3.05) is 19.7 Å². The lowest BCUT2D eigenvalue weighted by atomic mass is 10.00. The van der Waals surface area contributed by atoms with Gasteiger partial charge in [-0.15, -0.1) is 0 Å². The highest BCUT2D eigenvalue weighted by atomic mass is 19.1. The van der Waals surface area contributed by atoms with Gasteiger partial charge in [-0.1, -0.05) is 35.9 Å². The predicted molar refractivity (Wildman–Crippen MR) is 128 cm³/mol. The van der Waals surface area contributed by atoms with E-state index in [9.17, 15) is 14.3 Å². The molecule has 0 aliphatic carbocycles. The number of carboxylic acids is 1. The molecule has 2 aromatic rings. The lowest BCUT2D eigenvalue weighted by Gasteiger charge is -2.27. The van der Waals surface area contributed by atoms with Crippen LogP contribution in [0.1, 0.15) is 53.7 Å². The fourth-order valence-corrected chi connectivity index (χ4v) is 4.43. The van der Waals surface area contributed by atoms with E-state index in [2.05, 4.69) is 4.90 Å². The van der Waals surface area contributed by atoms with Gasteiger partial charge in [-0.3, -0.25) is 4.90 Å². The number of hydrogen-bond acceptors (Lipinski definition) is 4. The normalized spacial score (nSPS) is 18.6. The Labute approximate surface area is 195 Å². The maximum Gasteiger partial charge on any atom is 0.328 e. The molecule has 1 aliphatic heterocycles. The van der Waals surface area contributed by atoms with Crippen LogP contribution >= 0.6 is 0 Å². The quantitative estimate of drug-likeness (QED) is 0.509. The van der Waals surface area contributed by atoms with Crippen LogP contribution in [0.15, 0.2) is 42.5 Å². The average Bonchev–Trinajstić information content (AvgIpc) is 3.19. The van der Waals surface area contributed by atoms with Crippen molar-refractivity contribution >= 4 is 12.0 Å². The number of carboxylic acid groups (broad SMARTS) is 1. The molecule has 0 amide bonds. The first-order valence-electron chi connectivity index (χ1n) is 11.5. The molecule has 1 aliphatic rings. The molecule has 0 saturated carbocycles. The lowest BCUT2D eigenvalue weighted by Crippen LogP contribution is -2.39. The Bertz CT molecular complexity index is 990. The molecule has 1 heterocycles. The highest BCUT2D eigenvalue weighted by Crippen LogP contribution is 2.25. The average molecular weight is 456 g/mol. The highest BCUT2D eigenvalue weighted by Gasteiger charge is 2.27. The molecule has 6 heteroatoms. The summed E-state index contributed by atoms with van der Waals surface area (Å²) in [5, 5.41) is 19.6. The Morgan fingerprint density at radius 2 is 2.06 bits per heavy atom. The minimum atomic E-state index is -1.00. The van der Waals surface area contributed by atoms with Crippen LogP contribution in [-0.2, 0) is 16.0 Å². The molecule has 1 fully saturated rings. The van der Waals surface area contributed by atoms with E-state index < -0.39 is 12.1 Å². The van der Waals surface area contributed by atoms with E-state index in [0.717, 1.165) is 54.1 Å². The molecule has 0 aromatic heterocycles. The number of aliphatic hydroxyl groups is 1. The molecule has 0 spiro atoms. The molecule has 2 aromatic carbocycles. The van der Waals surface area contributed by atoms with Gasteiger partial charge >= 0.3 is 5.97 Å². The number of halogens is 1. The molecule has 0 radical (unpaired) electrons. The molecule has 3 rings (SSSR count). The van der Waals surface area contributed by atoms with Crippen molar-refractivity contribution in [1.29, 1.82) is 0 Å². The predicted octanol–water partition coefficient (Wildman–Crippen LogP) is 4.69. The summed E-state index contributed by atoms with van der Waals surface area (Å²) in [5.74, 6) is -1.17. The van der Waals surface area contributed by atoms with E-state index in [4.69, 9.17) is 9.84 Å². The first-order valence-corrected chi connectivity index (χ1v) is 11.5. The second kappa shape index (κ2) is 11.5. The molecular weight excluding hydrogens is 421 g/mol. The van der Waals surface area contributed by atoms with Crippen LogP contribution < -0.4 is 0 Å². The minimum Gasteiger partial charge on any atom is -0.478 e. The molecule has 3 atom stereocenters. The Balaban J connectivity index is 1.56. The van der Waals surface area contributed by atoms with Gasteiger partial charge in [-0.05, 0) is 81.0 Å². The Morgan fingerprint density at radius 1 is 1.27 bits per heavy atom. The maximum atomic E-state index is 13.9. The van der Waals surface area contributed by atoms with E-state index >= 15 is 0 Å². The third kappa shape index (κ3) is 7.22. The number of hydrogen-bond donors (Lipinski definition) is 2. The summed E-state index contributed by atoms with van der Waals surface area (Å²) >= 11 is 0. The van der Waals surface area contributed by atoms with Gasteiger partial charge in [0.15, 0.2) is 0 Å². The van der Waals surface area contributed by atoms with E-state index in [1.165, 1.54) is 0 Å². The van der Waals surface area contributed by atoms with Crippen LogP contribution in [0.25, 0.3) is 6.08 Å². The van der Waals surface area contributed by atoms with Gasteiger partial charge in [0.1, 0.15) is 5.82 Å². The first kappa shape index (κ1) is 25.1. The molecule has 178 valence electrons. The van der Waals surface area contributed by atoms with Gasteiger partial charge in [0.25, 0.3) is 0 Å². The second-order valence-corrected chi connectivity index (χ2v) is 9.01. The van der Waals surface area contributed by atoms with Crippen molar-refractivity contribution in [3.8, 4) is 0 Å². The third-order valence-electron chi connectivity index (χ3n) is 6.28. The number of rotatable bonds is 10. The number of ether oxygens (including phenoxy) is 1. The Hall–Kier alpha value is -2.54. The van der Waals surface area contributed by atoms with Crippen LogP contribution in [0, 0.1) is 19.7 Å². The Kier molecular flexibility index (Phi) is 8.78. The molecule has 2 N–H and O–H groups in total. The second-order valence-electron chi connectivity index (χ2n) is 9.01. The SMILES string of the molecule is Cc1ccc(C=CC(=O)O)c([C@@H](C)OC[C@H](O)CN2CCC[C@H]2Cc2ccc(C)c(F)c2)c1. The molecule has 33 heavy (non-hydrogen) atoms. The highest BCUT2D eigenvalue weighted by molar-refractivity contribution is 5.85. The number of aryl methyl sites for hydroxylation is 2. The number of benzene rings is 2. The Morgan fingerprint density at radius 3 is 2.79 bits per heavy atom. The fraction of sp³-hybridized carbons (Fsp3) is 0.444. The zero-order chi connectivity index (χ0) is 24.0. The third-order valence-corrected chi connectivity index (χ3v) is 6.28. The van der Waals surface area contributed by atoms with E-state index in [1.54, 1.807) is 19.1 Å². The molecule has 0 unspecified atom stereocenters. The van der Waals surface area contributed by atoms with Crippen LogP contribution in [0.4, 0.5) is 4.39 Å². The monoisotopic (exact) mass is 455 g/mol. The van der Waals surface area contributed by atoms with E-state index in [0.29, 0.717) is 12.1 Å². The van der Waals surface area contributed by atoms with Gasteiger partial charge in [0, 0.05) is 18.7 Å². The largest absolute Gasteiger partial charge is 0.478 e. The van der Waals surface area contributed by atoms with Crippen molar-refractivity contribution in [2.24, 2.45) is 0 Å². The summed E-state index contributed by atoms with van der Waals surface area (Å²) in [4.78, 5) is 13.2. The molecule has 1 saturated heterocycles. The van der Waals surface area contributed by atoms with Crippen LogP contribution in [-0.4, -0.2) is 52.9 Å². The summed E-state index contributed by atoms with van der Waals surface area (Å²) in [6, 6.07) is 11.5. The number of β-amino-alcohol motifs (C(OH)–C–C–N with tert-alkyl or cyclic N) is 1. The maximum absolute atomic E-state index is 13.9. The smallest absolute Gasteiger partial charge is 0.328 e. The van der Waals surface area contributed by atoms with Crippen LogP contribution in [0.5, 0.6) is 0 Å². The standard InChI is InChI=1S/C27H34FNO4/c1-18-6-9-22(10-11-27(31)32)25(13-18)20(3)33-17-24(30)16-29-12-4-5-23(29)14-21-8-7-19(2)26(28)15-21/h6-11,13,15,20,23-24,30H,4-5,12,14,16-17H2,1-3H3,(H,31,32)/t20-,23+,24-/m1/s1. The van der Waals surface area contributed by atoms with E-state index in [-0.39, 0.29) is 24.6 Å². The molecule has 0 bridgehead atoms. The van der Waals surface area contributed by atoms with Crippen LogP contribution in [0.3, 0.4) is 0 Å². The first-order chi connectivity index (χ1) is 15.7. The van der Waals surface area contributed by atoms with Crippen LogP contribution in [0.2, 0.25) is 0 Å². The van der Waals surface area contributed by atoms with Crippen molar-refractivity contribution in [3.05, 3.63) is 76.1 Å². The number of nitrogens with zero attached hydrogens (tertiary/aromatic N) is 1. The van der Waals surface area contributed by atoms with Crippen molar-refractivity contribution < 1.29 is 24.1 Å². The molecular formula is C27H34FNO4. The zero-order valence-electron chi connectivity index (χ0n) is 19.6. The summed E-state index contributed by atoms with van der Waals surface area (Å²) in [6.07, 6.45) is 4.60. The van der Waals surface area contributed by atoms with E-state index in [1.807, 2.05) is 44.2 Å². The van der Waals surface area contributed by atoms with Gasteiger partial charge in [-0.25, -0.2) is 9.18 Å². The summed E-state index contributed by atoms with van der Waals surface area (Å²) in [6.45, 7) is 7.24.